The summed E-state index contributed by atoms with van der Waals surface area (Å²) < 4.78 is 51.3. The van der Waals surface area contributed by atoms with E-state index >= 15 is 4.39 Å². The van der Waals surface area contributed by atoms with E-state index in [4.69, 9.17) is 30.1 Å². The fourth-order valence-corrected chi connectivity index (χ4v) is 6.10. The first-order valence-electron chi connectivity index (χ1n) is 12.5. The maximum Gasteiger partial charge on any atom is 0.406 e. The predicted octanol–water partition coefficient (Wildman–Crippen LogP) is 2.18. The quantitative estimate of drug-likeness (QED) is 0.108. The van der Waals surface area contributed by atoms with Gasteiger partial charge in [0.15, 0.2) is 17.6 Å². The van der Waals surface area contributed by atoms with Crippen LogP contribution in [0.4, 0.5) is 4.39 Å². The lowest BCUT2D eigenvalue weighted by Crippen LogP contribution is -2.42. The summed E-state index contributed by atoms with van der Waals surface area (Å²) in [6, 6.07) is -0.977. The van der Waals surface area contributed by atoms with Crippen molar-refractivity contribution in [2.45, 2.75) is 90.5 Å². The summed E-state index contributed by atoms with van der Waals surface area (Å²) in [4.78, 5) is 38.1. The molecule has 0 saturated carbocycles. The lowest BCUT2D eigenvalue weighted by Gasteiger charge is -2.28. The van der Waals surface area contributed by atoms with Crippen LogP contribution in [-0.2, 0) is 27.9 Å². The number of aliphatic hydroxyl groups is 2. The Kier molecular flexibility index (Phi) is 12.2. The Morgan fingerprint density at radius 1 is 1.35 bits per heavy atom. The van der Waals surface area contributed by atoms with E-state index in [-0.39, 0.29) is 29.1 Å². The molecule has 1 fully saturated rings. The molecule has 1 unspecified atom stereocenters. The number of rotatable bonds is 13. The van der Waals surface area contributed by atoms with Crippen molar-refractivity contribution in [2.24, 2.45) is 5.41 Å². The summed E-state index contributed by atoms with van der Waals surface area (Å²) in [7, 11) is -4.30. The van der Waals surface area contributed by atoms with Gasteiger partial charge in [0, 0.05) is 22.9 Å². The maximum atomic E-state index is 15.4. The first-order chi connectivity index (χ1) is 18.3. The number of alkyl halides is 2. The van der Waals surface area contributed by atoms with Crippen molar-refractivity contribution < 1.29 is 42.5 Å². The molecule has 1 saturated heterocycles. The van der Waals surface area contributed by atoms with Gasteiger partial charge in [0.2, 0.25) is 0 Å². The fourth-order valence-electron chi connectivity index (χ4n) is 3.37. The number of H-pyrrole nitrogens is 1. The van der Waals surface area contributed by atoms with Gasteiger partial charge in [-0.2, -0.15) is 0 Å². The highest BCUT2D eigenvalue weighted by Crippen LogP contribution is 2.48. The molecule has 0 aromatic carbocycles. The molecule has 2 heterocycles. The van der Waals surface area contributed by atoms with E-state index < -0.39 is 66.9 Å². The van der Waals surface area contributed by atoms with E-state index in [0.717, 1.165) is 18.0 Å². The number of aliphatic hydroxyl groups excluding tert-OH is 2. The Bertz CT molecular complexity index is 1190. The Hall–Kier alpha value is -1.13. The highest BCUT2D eigenvalue weighted by molar-refractivity contribution is 8.13. The van der Waals surface area contributed by atoms with Crippen LogP contribution >= 0.6 is 31.1 Å². The SMILES string of the molecule is Cc1cn([C@@H]2O[C@H](CO[P@](=O)(N[C@H](C)C(O)OC(C)C)OCCSC(=O)C(C)(C)C)[C@@H](O)[C@]2(F)Cl)c(=O)[nH]c1=O. The second kappa shape index (κ2) is 13.9. The largest absolute Gasteiger partial charge is 0.406 e. The van der Waals surface area contributed by atoms with Crippen LogP contribution in [0.2, 0.25) is 0 Å². The number of aromatic amines is 1. The number of halogens is 2. The molecule has 0 amide bonds. The van der Waals surface area contributed by atoms with Crippen molar-refractivity contribution in [1.29, 1.82) is 0 Å². The zero-order chi connectivity index (χ0) is 30.6. The van der Waals surface area contributed by atoms with Gasteiger partial charge < -0.3 is 19.7 Å². The van der Waals surface area contributed by atoms with Crippen molar-refractivity contribution in [2.75, 3.05) is 19.0 Å². The molecule has 1 aromatic heterocycles. The summed E-state index contributed by atoms with van der Waals surface area (Å²) in [6.45, 7) is 10.5. The number of hydrogen-bond donors (Lipinski definition) is 4. The van der Waals surface area contributed by atoms with E-state index in [0.29, 0.717) is 4.57 Å². The van der Waals surface area contributed by atoms with Gasteiger partial charge in [0.1, 0.15) is 12.2 Å². The van der Waals surface area contributed by atoms with Crippen molar-refractivity contribution in [3.8, 4) is 0 Å². The van der Waals surface area contributed by atoms with Gasteiger partial charge in [-0.1, -0.05) is 44.1 Å². The van der Waals surface area contributed by atoms with Crippen LogP contribution in [0, 0.1) is 12.3 Å². The number of carbonyl (C=O) groups excluding carboxylic acids is 1. The second-order valence-corrected chi connectivity index (χ2v) is 14.0. The molecule has 0 radical (unpaired) electrons. The summed E-state index contributed by atoms with van der Waals surface area (Å²) in [5, 5.41) is 20.2. The summed E-state index contributed by atoms with van der Waals surface area (Å²) in [5.74, 6) is 0.124. The number of nitrogens with zero attached hydrogens (tertiary/aromatic N) is 1. The average molecular weight is 634 g/mol. The summed E-state index contributed by atoms with van der Waals surface area (Å²) in [5.41, 5.74) is -2.26. The molecule has 1 aliphatic heterocycles. The zero-order valence-corrected chi connectivity index (χ0v) is 25.8. The van der Waals surface area contributed by atoms with Crippen LogP contribution < -0.4 is 16.3 Å². The molecule has 230 valence electrons. The Morgan fingerprint density at radius 2 is 1.98 bits per heavy atom. The number of nitrogens with one attached hydrogen (secondary N) is 2. The fraction of sp³-hybridized carbons (Fsp3) is 0.783. The van der Waals surface area contributed by atoms with Crippen LogP contribution in [0.15, 0.2) is 15.8 Å². The van der Waals surface area contributed by atoms with Crippen LogP contribution in [0.25, 0.3) is 0 Å². The summed E-state index contributed by atoms with van der Waals surface area (Å²) >= 11 is 6.89. The molecule has 1 aromatic rings. The van der Waals surface area contributed by atoms with Crippen molar-refractivity contribution in [1.82, 2.24) is 14.6 Å². The van der Waals surface area contributed by atoms with Gasteiger partial charge in [-0.05, 0) is 27.7 Å². The minimum atomic E-state index is -4.30. The lowest BCUT2D eigenvalue weighted by atomic mass is 10.00. The van der Waals surface area contributed by atoms with Crippen molar-refractivity contribution >= 4 is 36.2 Å². The molecular formula is C23H38ClFN3O10PS. The first kappa shape index (κ1) is 35.1. The van der Waals surface area contributed by atoms with Gasteiger partial charge in [0.25, 0.3) is 10.7 Å². The third-order valence-corrected chi connectivity index (χ3v) is 8.97. The molecule has 1 aliphatic rings. The second-order valence-electron chi connectivity index (χ2n) is 10.6. The number of carbonyl (C=O) groups is 1. The Morgan fingerprint density at radius 3 is 2.55 bits per heavy atom. The molecule has 13 nitrogen and oxygen atoms in total. The number of thioether (sulfide) groups is 1. The van der Waals surface area contributed by atoms with Gasteiger partial charge in [-0.25, -0.2) is 18.8 Å². The van der Waals surface area contributed by atoms with Crippen molar-refractivity contribution in [3.05, 3.63) is 32.6 Å². The van der Waals surface area contributed by atoms with Gasteiger partial charge >= 0.3 is 13.4 Å². The third kappa shape index (κ3) is 9.18. The highest BCUT2D eigenvalue weighted by Gasteiger charge is 2.58. The van der Waals surface area contributed by atoms with Gasteiger partial charge in [0.05, 0.1) is 25.4 Å². The molecule has 40 heavy (non-hydrogen) atoms. The molecule has 2 rings (SSSR count). The van der Waals surface area contributed by atoms with Gasteiger partial charge in [-0.3, -0.25) is 28.2 Å². The van der Waals surface area contributed by atoms with Crippen LogP contribution in [0.1, 0.15) is 53.3 Å². The highest BCUT2D eigenvalue weighted by atomic mass is 35.5. The molecular weight excluding hydrogens is 596 g/mol. The molecule has 7 atom stereocenters. The maximum absolute atomic E-state index is 15.4. The molecule has 0 bridgehead atoms. The van der Waals surface area contributed by atoms with E-state index in [2.05, 4.69) is 5.09 Å². The van der Waals surface area contributed by atoms with Crippen molar-refractivity contribution in [3.63, 3.8) is 0 Å². The Balaban J connectivity index is 2.19. The zero-order valence-electron chi connectivity index (χ0n) is 23.4. The third-order valence-electron chi connectivity index (χ3n) is 5.58. The van der Waals surface area contributed by atoms with Crippen LogP contribution in [0.3, 0.4) is 0 Å². The normalized spacial score (nSPS) is 26.6. The van der Waals surface area contributed by atoms with Gasteiger partial charge in [-0.15, -0.1) is 0 Å². The van der Waals surface area contributed by atoms with E-state index in [1.54, 1.807) is 34.6 Å². The van der Waals surface area contributed by atoms with E-state index in [1.807, 2.05) is 4.98 Å². The lowest BCUT2D eigenvalue weighted by molar-refractivity contribution is -0.138. The van der Waals surface area contributed by atoms with E-state index in [9.17, 15) is 29.2 Å². The standard InChI is InChI=1S/C23H38ClFN3O10PS/c1-12(2)37-18(31)14(4)27-39(34,35-8-9-40-20(32)22(5,6)7)36-11-15-16(29)23(24,25)19(38-15)28-10-13(3)17(30)26-21(28)33/h10,12,14-16,18-19,29,31H,8-9,11H2,1-7H3,(H,27,34)(H,26,30,33)/t14-,15-,16-,18?,19-,23-,39+/m1/s1. The van der Waals surface area contributed by atoms with Crippen LogP contribution in [0.5, 0.6) is 0 Å². The molecule has 17 heteroatoms. The Labute approximate surface area is 240 Å². The number of ether oxygens (including phenoxy) is 2. The average Bonchev–Trinajstić information content (AvgIpc) is 3.05. The smallest absolute Gasteiger partial charge is 0.385 e. The molecule has 4 N–H and O–H groups in total. The summed E-state index contributed by atoms with van der Waals surface area (Å²) in [6.07, 6.45) is -6.20. The number of aryl methyl sites for hydroxylation is 1. The molecule has 0 aliphatic carbocycles. The molecule has 0 spiro atoms. The topological polar surface area (TPSA) is 178 Å². The monoisotopic (exact) mass is 633 g/mol. The number of hydrogen-bond acceptors (Lipinski definition) is 11. The first-order valence-corrected chi connectivity index (χ1v) is 15.4. The van der Waals surface area contributed by atoms with Crippen LogP contribution in [-0.4, -0.2) is 79.6 Å². The minimum absolute atomic E-state index is 0.0610. The van der Waals surface area contributed by atoms with E-state index in [1.165, 1.54) is 13.8 Å². The minimum Gasteiger partial charge on any atom is -0.385 e. The predicted molar refractivity (Wildman–Crippen MR) is 147 cm³/mol. The number of aromatic nitrogens is 2.